The molecule has 0 spiro atoms. The fraction of sp³-hybridized carbons (Fsp3) is 0.364. The first kappa shape index (κ1) is 25.6. The first-order valence-corrected chi connectivity index (χ1v) is 11.7. The number of hydrogen-bond acceptors (Lipinski definition) is 5. The van der Waals surface area contributed by atoms with Crippen LogP contribution in [0.15, 0.2) is 41.3 Å². The fourth-order valence-electron chi connectivity index (χ4n) is 2.70. The number of aryl methyl sites for hydroxylation is 1. The summed E-state index contributed by atoms with van der Waals surface area (Å²) in [4.78, 5) is 24.6. The van der Waals surface area contributed by atoms with E-state index in [1.807, 2.05) is 26.0 Å². The van der Waals surface area contributed by atoms with E-state index in [0.29, 0.717) is 5.75 Å². The molecule has 3 N–H and O–H groups in total. The number of halogens is 1. The van der Waals surface area contributed by atoms with E-state index in [9.17, 15) is 18.0 Å². The summed E-state index contributed by atoms with van der Waals surface area (Å²) in [5.41, 5.74) is 5.75. The summed E-state index contributed by atoms with van der Waals surface area (Å²) in [7, 11) is -3.96. The monoisotopic (exact) mass is 481 g/mol. The van der Waals surface area contributed by atoms with Crippen LogP contribution in [0.4, 0.5) is 0 Å². The molecule has 0 aromatic heterocycles. The highest BCUT2D eigenvalue weighted by molar-refractivity contribution is 7.89. The van der Waals surface area contributed by atoms with Gasteiger partial charge in [-0.2, -0.15) is 0 Å². The molecule has 2 amide bonds. The van der Waals surface area contributed by atoms with E-state index in [0.717, 1.165) is 17.2 Å². The van der Waals surface area contributed by atoms with Crippen molar-refractivity contribution in [3.05, 3.63) is 58.1 Å². The molecule has 0 fully saturated rings. The van der Waals surface area contributed by atoms with Gasteiger partial charge in [0.05, 0.1) is 5.02 Å². The number of hydrazine groups is 1. The van der Waals surface area contributed by atoms with E-state index >= 15 is 0 Å². The van der Waals surface area contributed by atoms with Gasteiger partial charge in [0.2, 0.25) is 10.0 Å². The van der Waals surface area contributed by atoms with Crippen LogP contribution in [0.3, 0.4) is 0 Å². The summed E-state index contributed by atoms with van der Waals surface area (Å²) >= 11 is 6.05. The van der Waals surface area contributed by atoms with Gasteiger partial charge in [-0.3, -0.25) is 20.4 Å². The van der Waals surface area contributed by atoms with E-state index in [1.54, 1.807) is 33.8 Å². The SMILES string of the molecule is Cc1cccc(OC(C)C(=O)NNC(=O)c2ccc(Cl)c(S(=O)(=O)NC(C)(C)C)c2)c1C. The molecule has 2 aromatic rings. The molecule has 0 saturated carbocycles. The molecule has 0 bridgehead atoms. The number of nitrogens with one attached hydrogen (secondary N) is 3. The minimum atomic E-state index is -3.96. The zero-order valence-corrected chi connectivity index (χ0v) is 20.4. The third-order valence-electron chi connectivity index (χ3n) is 4.45. The fourth-order valence-corrected chi connectivity index (χ4v) is 4.64. The molecule has 1 unspecified atom stereocenters. The van der Waals surface area contributed by atoms with Crippen molar-refractivity contribution in [3.8, 4) is 5.75 Å². The Bertz CT molecular complexity index is 1130. The molecule has 0 aliphatic heterocycles. The topological polar surface area (TPSA) is 114 Å². The highest BCUT2D eigenvalue weighted by Crippen LogP contribution is 2.24. The standard InChI is InChI=1S/C22H28ClN3O5S/c1-13-8-7-9-18(14(13)2)31-15(3)20(27)24-25-21(28)16-10-11-17(23)19(12-16)32(29,30)26-22(4,5)6/h7-12,15,26H,1-6H3,(H,24,27)(H,25,28). The van der Waals surface area contributed by atoms with Crippen LogP contribution in [-0.2, 0) is 14.8 Å². The Hall–Kier alpha value is -2.62. The van der Waals surface area contributed by atoms with Crippen LogP contribution in [0.5, 0.6) is 5.75 Å². The molecule has 2 aromatic carbocycles. The maximum Gasteiger partial charge on any atom is 0.279 e. The maximum absolute atomic E-state index is 12.6. The zero-order valence-electron chi connectivity index (χ0n) is 18.9. The summed E-state index contributed by atoms with van der Waals surface area (Å²) in [6.07, 6.45) is -0.882. The van der Waals surface area contributed by atoms with Crippen molar-refractivity contribution in [1.29, 1.82) is 0 Å². The van der Waals surface area contributed by atoms with Gasteiger partial charge < -0.3 is 4.74 Å². The third kappa shape index (κ3) is 6.69. The highest BCUT2D eigenvalue weighted by Gasteiger charge is 2.25. The second-order valence-electron chi connectivity index (χ2n) is 8.40. The number of carbonyl (C=O) groups excluding carboxylic acids is 2. The van der Waals surface area contributed by atoms with Gasteiger partial charge in [-0.05, 0) is 76.9 Å². The van der Waals surface area contributed by atoms with Crippen LogP contribution in [0, 0.1) is 13.8 Å². The summed E-state index contributed by atoms with van der Waals surface area (Å²) in [5.74, 6) is -0.713. The Morgan fingerprint density at radius 2 is 1.72 bits per heavy atom. The van der Waals surface area contributed by atoms with Crippen molar-refractivity contribution in [2.75, 3.05) is 0 Å². The van der Waals surface area contributed by atoms with Gasteiger partial charge in [-0.25, -0.2) is 13.1 Å². The number of benzene rings is 2. The predicted molar refractivity (Wildman–Crippen MR) is 123 cm³/mol. The molecule has 32 heavy (non-hydrogen) atoms. The van der Waals surface area contributed by atoms with E-state index < -0.39 is 33.5 Å². The molecule has 0 aliphatic carbocycles. The number of hydrogen-bond donors (Lipinski definition) is 3. The lowest BCUT2D eigenvalue weighted by molar-refractivity contribution is -0.128. The molecule has 1 atom stereocenters. The summed E-state index contributed by atoms with van der Waals surface area (Å²) in [6.45, 7) is 10.4. The number of sulfonamides is 1. The largest absolute Gasteiger partial charge is 0.481 e. The lowest BCUT2D eigenvalue weighted by Gasteiger charge is -2.21. The van der Waals surface area contributed by atoms with Crippen LogP contribution in [-0.4, -0.2) is 31.9 Å². The van der Waals surface area contributed by atoms with Gasteiger partial charge in [-0.15, -0.1) is 0 Å². The van der Waals surface area contributed by atoms with Crippen molar-refractivity contribution >= 4 is 33.4 Å². The molecule has 2 rings (SSSR count). The van der Waals surface area contributed by atoms with Crippen molar-refractivity contribution in [2.45, 2.75) is 58.1 Å². The number of amides is 2. The normalized spacial score (nSPS) is 12.7. The van der Waals surface area contributed by atoms with Crippen molar-refractivity contribution in [2.24, 2.45) is 0 Å². The smallest absolute Gasteiger partial charge is 0.279 e. The molecular formula is C22H28ClN3O5S. The van der Waals surface area contributed by atoms with Gasteiger partial charge in [0, 0.05) is 11.1 Å². The minimum absolute atomic E-state index is 0.00656. The van der Waals surface area contributed by atoms with E-state index in [4.69, 9.17) is 16.3 Å². The van der Waals surface area contributed by atoms with E-state index in [1.165, 1.54) is 12.1 Å². The summed E-state index contributed by atoms with van der Waals surface area (Å²) in [5, 5.41) is -0.0297. The molecule has 174 valence electrons. The average molecular weight is 482 g/mol. The summed E-state index contributed by atoms with van der Waals surface area (Å²) in [6, 6.07) is 9.33. The van der Waals surface area contributed by atoms with E-state index in [2.05, 4.69) is 15.6 Å². The maximum atomic E-state index is 12.6. The van der Waals surface area contributed by atoms with Gasteiger partial charge in [0.15, 0.2) is 6.10 Å². The van der Waals surface area contributed by atoms with Crippen molar-refractivity contribution in [3.63, 3.8) is 0 Å². The van der Waals surface area contributed by atoms with Crippen LogP contribution < -0.4 is 20.3 Å². The molecule has 10 heteroatoms. The van der Waals surface area contributed by atoms with Gasteiger partial charge in [-0.1, -0.05) is 23.7 Å². The number of carbonyl (C=O) groups is 2. The average Bonchev–Trinajstić information content (AvgIpc) is 2.67. The van der Waals surface area contributed by atoms with E-state index in [-0.39, 0.29) is 15.5 Å². The minimum Gasteiger partial charge on any atom is -0.481 e. The zero-order chi connectivity index (χ0) is 24.3. The van der Waals surface area contributed by atoms with Gasteiger partial charge in [0.1, 0.15) is 10.6 Å². The highest BCUT2D eigenvalue weighted by atomic mass is 35.5. The first-order valence-electron chi connectivity index (χ1n) is 9.88. The Balaban J connectivity index is 2.08. The summed E-state index contributed by atoms with van der Waals surface area (Å²) < 4.78 is 33.4. The van der Waals surface area contributed by atoms with Crippen LogP contribution >= 0.6 is 11.6 Å². The molecule has 0 aliphatic rings. The van der Waals surface area contributed by atoms with Crippen molar-refractivity contribution in [1.82, 2.24) is 15.6 Å². The molecule has 0 saturated heterocycles. The second-order valence-corrected chi connectivity index (χ2v) is 10.5. The van der Waals surface area contributed by atoms with Gasteiger partial charge in [0.25, 0.3) is 11.8 Å². The lowest BCUT2D eigenvalue weighted by Crippen LogP contribution is -2.47. The first-order chi connectivity index (χ1) is 14.7. The Labute approximate surface area is 193 Å². The Kier molecular flexibility index (Phi) is 7.92. The predicted octanol–water partition coefficient (Wildman–Crippen LogP) is 3.26. The number of rotatable bonds is 6. The van der Waals surface area contributed by atoms with Crippen LogP contribution in [0.1, 0.15) is 49.2 Å². The number of ether oxygens (including phenoxy) is 1. The lowest BCUT2D eigenvalue weighted by atomic mass is 10.1. The Morgan fingerprint density at radius 1 is 1.06 bits per heavy atom. The quantitative estimate of drug-likeness (QED) is 0.548. The molecular weight excluding hydrogens is 454 g/mol. The Morgan fingerprint density at radius 3 is 2.34 bits per heavy atom. The van der Waals surface area contributed by atoms with Crippen LogP contribution in [0.25, 0.3) is 0 Å². The molecule has 0 heterocycles. The third-order valence-corrected chi connectivity index (χ3v) is 6.69. The second kappa shape index (κ2) is 9.89. The molecule has 8 nitrogen and oxygen atoms in total. The van der Waals surface area contributed by atoms with Crippen LogP contribution in [0.2, 0.25) is 5.02 Å². The molecule has 0 radical (unpaired) electrons. The van der Waals surface area contributed by atoms with Crippen molar-refractivity contribution < 1.29 is 22.7 Å². The van der Waals surface area contributed by atoms with Gasteiger partial charge >= 0.3 is 0 Å².